The van der Waals surface area contributed by atoms with Gasteiger partial charge in [0.05, 0.1) is 26.0 Å². The van der Waals surface area contributed by atoms with Gasteiger partial charge in [0.15, 0.2) is 5.69 Å². The number of carbonyl (C=O) groups is 1. The smallest absolute Gasteiger partial charge is 0.247 e. The van der Waals surface area contributed by atoms with Crippen molar-refractivity contribution in [1.82, 2.24) is 9.97 Å². The molecule has 1 aromatic carbocycles. The predicted molar refractivity (Wildman–Crippen MR) is 72.6 cm³/mol. The lowest BCUT2D eigenvalue weighted by molar-refractivity contribution is 0.102. The fraction of sp³-hybridized carbons (Fsp3) is 0.154. The standard InChI is InChI=1S/C13H9BrF2N2O3/c1-20-9-5-17-11(13(18-9)21-2)12(19)10-7(15)3-6(14)4-8(10)16/h3-5H,1-2H3. The van der Waals surface area contributed by atoms with E-state index < -0.39 is 23.0 Å². The van der Waals surface area contributed by atoms with E-state index in [1.807, 2.05) is 0 Å². The first-order valence-electron chi connectivity index (χ1n) is 5.62. The molecule has 0 unspecified atom stereocenters. The van der Waals surface area contributed by atoms with Crippen molar-refractivity contribution in [2.75, 3.05) is 14.2 Å². The zero-order valence-electron chi connectivity index (χ0n) is 11.0. The fourth-order valence-electron chi connectivity index (χ4n) is 1.63. The summed E-state index contributed by atoms with van der Waals surface area (Å²) >= 11 is 2.94. The normalized spacial score (nSPS) is 10.3. The molecule has 8 heteroatoms. The molecule has 0 aliphatic carbocycles. The summed E-state index contributed by atoms with van der Waals surface area (Å²) in [5.74, 6) is -3.05. The quantitative estimate of drug-likeness (QED) is 0.786. The molecule has 0 N–H and O–H groups in total. The van der Waals surface area contributed by atoms with Gasteiger partial charge in [-0.1, -0.05) is 15.9 Å². The maximum atomic E-state index is 13.8. The van der Waals surface area contributed by atoms with Crippen LogP contribution in [0.5, 0.6) is 11.8 Å². The molecule has 0 bridgehead atoms. The summed E-state index contributed by atoms with van der Waals surface area (Å²) in [7, 11) is 2.62. The highest BCUT2D eigenvalue weighted by atomic mass is 79.9. The van der Waals surface area contributed by atoms with Gasteiger partial charge in [0.1, 0.15) is 11.6 Å². The van der Waals surface area contributed by atoms with E-state index in [0.29, 0.717) is 0 Å². The van der Waals surface area contributed by atoms with E-state index in [9.17, 15) is 13.6 Å². The van der Waals surface area contributed by atoms with Crippen LogP contribution in [0.1, 0.15) is 16.1 Å². The van der Waals surface area contributed by atoms with E-state index in [2.05, 4.69) is 25.9 Å². The number of aromatic nitrogens is 2. The summed E-state index contributed by atoms with van der Waals surface area (Å²) in [6, 6.07) is 1.97. The lowest BCUT2D eigenvalue weighted by Crippen LogP contribution is -2.12. The zero-order chi connectivity index (χ0) is 15.6. The lowest BCUT2D eigenvalue weighted by Gasteiger charge is -2.08. The van der Waals surface area contributed by atoms with Gasteiger partial charge in [0.2, 0.25) is 17.5 Å². The number of hydrogen-bond donors (Lipinski definition) is 0. The molecule has 0 fully saturated rings. The Morgan fingerprint density at radius 1 is 1.19 bits per heavy atom. The number of ether oxygens (including phenoxy) is 2. The van der Waals surface area contributed by atoms with Crippen LogP contribution in [0.2, 0.25) is 0 Å². The third-order valence-corrected chi connectivity index (χ3v) is 3.03. The first-order valence-corrected chi connectivity index (χ1v) is 6.41. The average molecular weight is 359 g/mol. The first-order chi connectivity index (χ1) is 9.97. The van der Waals surface area contributed by atoms with Gasteiger partial charge in [-0.05, 0) is 12.1 Å². The van der Waals surface area contributed by atoms with Crippen molar-refractivity contribution in [2.24, 2.45) is 0 Å². The molecule has 0 spiro atoms. The van der Waals surface area contributed by atoms with Crippen LogP contribution in [0.25, 0.3) is 0 Å². The van der Waals surface area contributed by atoms with Crippen molar-refractivity contribution in [3.63, 3.8) is 0 Å². The van der Waals surface area contributed by atoms with Crippen molar-refractivity contribution in [1.29, 1.82) is 0 Å². The minimum Gasteiger partial charge on any atom is -0.480 e. The highest BCUT2D eigenvalue weighted by Gasteiger charge is 2.25. The van der Waals surface area contributed by atoms with Gasteiger partial charge in [0.25, 0.3) is 0 Å². The number of methoxy groups -OCH3 is 2. The highest BCUT2D eigenvalue weighted by Crippen LogP contribution is 2.25. The first kappa shape index (κ1) is 15.3. The molecule has 5 nitrogen and oxygen atoms in total. The summed E-state index contributed by atoms with van der Waals surface area (Å²) in [5.41, 5.74) is -1.03. The Hall–Kier alpha value is -2.09. The Morgan fingerprint density at radius 3 is 2.33 bits per heavy atom. The molecular weight excluding hydrogens is 350 g/mol. The number of ketones is 1. The van der Waals surface area contributed by atoms with E-state index in [-0.39, 0.29) is 21.9 Å². The van der Waals surface area contributed by atoms with Gasteiger partial charge in [-0.15, -0.1) is 0 Å². The van der Waals surface area contributed by atoms with Crippen LogP contribution in [0, 0.1) is 11.6 Å². The van der Waals surface area contributed by atoms with Gasteiger partial charge in [0, 0.05) is 4.47 Å². The summed E-state index contributed by atoms with van der Waals surface area (Å²) in [6.07, 6.45) is 1.16. The minimum absolute atomic E-state index is 0.111. The van der Waals surface area contributed by atoms with E-state index in [1.165, 1.54) is 14.2 Å². The lowest BCUT2D eigenvalue weighted by atomic mass is 10.1. The van der Waals surface area contributed by atoms with Crippen LogP contribution in [0.15, 0.2) is 22.8 Å². The predicted octanol–water partition coefficient (Wildman–Crippen LogP) is 2.77. The number of carbonyl (C=O) groups excluding carboxylic acids is 1. The average Bonchev–Trinajstić information content (AvgIpc) is 2.45. The van der Waals surface area contributed by atoms with Gasteiger partial charge < -0.3 is 9.47 Å². The molecule has 21 heavy (non-hydrogen) atoms. The molecule has 0 atom stereocenters. The largest absolute Gasteiger partial charge is 0.480 e. The minimum atomic E-state index is -1.01. The molecule has 2 rings (SSSR count). The van der Waals surface area contributed by atoms with E-state index in [0.717, 1.165) is 18.3 Å². The second kappa shape index (κ2) is 6.13. The van der Waals surface area contributed by atoms with Crippen LogP contribution in [-0.2, 0) is 0 Å². The van der Waals surface area contributed by atoms with Gasteiger partial charge in [-0.2, -0.15) is 4.98 Å². The SMILES string of the molecule is COc1cnc(C(=O)c2c(F)cc(Br)cc2F)c(OC)n1. The molecule has 0 saturated heterocycles. The summed E-state index contributed by atoms with van der Waals surface area (Å²) in [6.45, 7) is 0. The van der Waals surface area contributed by atoms with Crippen molar-refractivity contribution in [3.8, 4) is 11.8 Å². The van der Waals surface area contributed by atoms with Crippen LogP contribution >= 0.6 is 15.9 Å². The Kier molecular flexibility index (Phi) is 4.46. The Labute approximate surface area is 127 Å². The molecule has 0 aliphatic rings. The van der Waals surface area contributed by atoms with E-state index in [4.69, 9.17) is 9.47 Å². The number of hydrogen-bond acceptors (Lipinski definition) is 5. The molecule has 2 aromatic rings. The summed E-state index contributed by atoms with van der Waals surface area (Å²) < 4.78 is 37.6. The van der Waals surface area contributed by atoms with Crippen LogP contribution in [0.4, 0.5) is 8.78 Å². The summed E-state index contributed by atoms with van der Waals surface area (Å²) in [5, 5.41) is 0. The maximum Gasteiger partial charge on any atom is 0.247 e. The van der Waals surface area contributed by atoms with Crippen molar-refractivity contribution < 1.29 is 23.0 Å². The molecule has 1 aromatic heterocycles. The molecule has 1 heterocycles. The molecule has 110 valence electrons. The zero-order valence-corrected chi connectivity index (χ0v) is 12.6. The fourth-order valence-corrected chi connectivity index (χ4v) is 2.03. The van der Waals surface area contributed by atoms with Gasteiger partial charge >= 0.3 is 0 Å². The number of benzene rings is 1. The maximum absolute atomic E-state index is 13.8. The molecule has 0 aliphatic heterocycles. The van der Waals surface area contributed by atoms with Crippen LogP contribution in [-0.4, -0.2) is 30.0 Å². The second-order valence-corrected chi connectivity index (χ2v) is 4.76. The molecule has 0 amide bonds. The number of halogens is 3. The highest BCUT2D eigenvalue weighted by molar-refractivity contribution is 9.10. The monoisotopic (exact) mass is 358 g/mol. The third kappa shape index (κ3) is 2.99. The number of nitrogens with zero attached hydrogens (tertiary/aromatic N) is 2. The molecule has 0 saturated carbocycles. The van der Waals surface area contributed by atoms with Crippen molar-refractivity contribution >= 4 is 21.7 Å². The Bertz CT molecular complexity index is 687. The summed E-state index contributed by atoms with van der Waals surface area (Å²) in [4.78, 5) is 19.9. The van der Waals surface area contributed by atoms with Crippen molar-refractivity contribution in [2.45, 2.75) is 0 Å². The van der Waals surface area contributed by atoms with E-state index in [1.54, 1.807) is 0 Å². The topological polar surface area (TPSA) is 61.3 Å². The van der Waals surface area contributed by atoms with Gasteiger partial charge in [-0.25, -0.2) is 13.8 Å². The number of rotatable bonds is 4. The molecule has 0 radical (unpaired) electrons. The Morgan fingerprint density at radius 2 is 1.81 bits per heavy atom. The van der Waals surface area contributed by atoms with E-state index >= 15 is 0 Å². The molecular formula is C13H9BrF2N2O3. The second-order valence-electron chi connectivity index (χ2n) is 3.84. The Balaban J connectivity index is 2.55. The van der Waals surface area contributed by atoms with Crippen LogP contribution in [0.3, 0.4) is 0 Å². The van der Waals surface area contributed by atoms with Crippen LogP contribution < -0.4 is 9.47 Å². The third-order valence-electron chi connectivity index (χ3n) is 2.57. The van der Waals surface area contributed by atoms with Gasteiger partial charge in [-0.3, -0.25) is 4.79 Å². The van der Waals surface area contributed by atoms with Crippen molar-refractivity contribution in [3.05, 3.63) is 45.7 Å².